The van der Waals surface area contributed by atoms with Crippen molar-refractivity contribution in [2.24, 2.45) is 5.92 Å². The van der Waals surface area contributed by atoms with E-state index in [1.165, 1.54) is 12.1 Å². The van der Waals surface area contributed by atoms with Crippen LogP contribution >= 0.6 is 0 Å². The molecule has 4 aromatic rings. The zero-order chi connectivity index (χ0) is 25.4. The number of nitrogens with one attached hydrogen (secondary N) is 2. The number of hydrogen-bond donors (Lipinski definition) is 2. The van der Waals surface area contributed by atoms with E-state index in [9.17, 15) is 22.8 Å². The lowest BCUT2D eigenvalue weighted by Gasteiger charge is -2.24. The van der Waals surface area contributed by atoms with E-state index in [1.54, 1.807) is 41.0 Å². The number of aromatic amines is 1. The fraction of sp³-hybridized carbons (Fsp3) is 0.280. The molecule has 2 atom stereocenters. The number of hydrogen-bond acceptors (Lipinski definition) is 5. The van der Waals surface area contributed by atoms with Gasteiger partial charge >= 0.3 is 0 Å². The second-order valence-electron chi connectivity index (χ2n) is 8.49. The first kappa shape index (κ1) is 23.6. The number of halogens is 3. The van der Waals surface area contributed by atoms with Gasteiger partial charge in [0.25, 0.3) is 12.0 Å². The van der Waals surface area contributed by atoms with Gasteiger partial charge < -0.3 is 19.6 Å². The molecule has 0 spiro atoms. The molecular weight excluding hydrogens is 475 g/mol. The molecule has 2 unspecified atom stereocenters. The van der Waals surface area contributed by atoms with Crippen molar-refractivity contribution < 1.29 is 22.7 Å². The Kier molecular flexibility index (Phi) is 6.21. The molecule has 186 valence electrons. The smallest absolute Gasteiger partial charge is 0.295 e. The zero-order valence-corrected chi connectivity index (χ0v) is 19.2. The van der Waals surface area contributed by atoms with Gasteiger partial charge in [-0.2, -0.15) is 0 Å². The summed E-state index contributed by atoms with van der Waals surface area (Å²) in [5, 5.41) is 2.79. The Balaban J connectivity index is 1.47. The maximum Gasteiger partial charge on any atom is 0.295 e. The third kappa shape index (κ3) is 4.43. The molecule has 0 radical (unpaired) electrons. The SMILES string of the molecule is CCn1c(-c2ccc(OC(c3cccc(F)c3)C3CNC(=O)C3)cc2)nc2nc(C(F)F)[nH]c(=O)c21. The number of carbonyl (C=O) groups is 1. The fourth-order valence-corrected chi connectivity index (χ4v) is 4.48. The minimum atomic E-state index is -2.93. The predicted octanol–water partition coefficient (Wildman–Crippen LogP) is 4.14. The number of alkyl halides is 2. The Morgan fingerprint density at radius 2 is 1.92 bits per heavy atom. The van der Waals surface area contributed by atoms with Crippen LogP contribution in [0.25, 0.3) is 22.6 Å². The Hall–Kier alpha value is -4.15. The van der Waals surface area contributed by atoms with E-state index in [4.69, 9.17) is 4.74 Å². The van der Waals surface area contributed by atoms with Crippen LogP contribution in [0.5, 0.6) is 5.75 Å². The number of fused-ring (bicyclic) bond motifs is 1. The van der Waals surface area contributed by atoms with E-state index >= 15 is 0 Å². The summed E-state index contributed by atoms with van der Waals surface area (Å²) in [5.74, 6) is -0.502. The van der Waals surface area contributed by atoms with Crippen LogP contribution in [-0.2, 0) is 11.3 Å². The number of carbonyl (C=O) groups excluding carboxylic acids is 1. The van der Waals surface area contributed by atoms with Gasteiger partial charge in [0.05, 0.1) is 0 Å². The second kappa shape index (κ2) is 9.48. The number of aromatic nitrogens is 4. The number of benzene rings is 2. The molecule has 1 aliphatic rings. The molecule has 2 aromatic heterocycles. The van der Waals surface area contributed by atoms with E-state index in [0.29, 0.717) is 35.8 Å². The highest BCUT2D eigenvalue weighted by molar-refractivity contribution is 5.78. The molecule has 5 rings (SSSR count). The number of imidazole rings is 1. The van der Waals surface area contributed by atoms with E-state index in [-0.39, 0.29) is 29.4 Å². The van der Waals surface area contributed by atoms with Crippen molar-refractivity contribution >= 4 is 17.1 Å². The largest absolute Gasteiger partial charge is 0.485 e. The Labute approximate surface area is 203 Å². The summed E-state index contributed by atoms with van der Waals surface area (Å²) in [5.41, 5.74) is 0.611. The Morgan fingerprint density at radius 1 is 1.14 bits per heavy atom. The van der Waals surface area contributed by atoms with Crippen LogP contribution in [0.2, 0.25) is 0 Å². The fourth-order valence-electron chi connectivity index (χ4n) is 4.48. The topological polar surface area (TPSA) is 102 Å². The molecule has 3 heterocycles. The molecule has 11 heteroatoms. The summed E-state index contributed by atoms with van der Waals surface area (Å²) in [6, 6.07) is 12.9. The molecule has 36 heavy (non-hydrogen) atoms. The average molecular weight is 497 g/mol. The van der Waals surface area contributed by atoms with Crippen LogP contribution < -0.4 is 15.6 Å². The van der Waals surface area contributed by atoms with Crippen molar-refractivity contribution in [1.82, 2.24) is 24.8 Å². The highest BCUT2D eigenvalue weighted by Gasteiger charge is 2.32. The van der Waals surface area contributed by atoms with Gasteiger partial charge in [-0.1, -0.05) is 12.1 Å². The van der Waals surface area contributed by atoms with Crippen molar-refractivity contribution in [3.8, 4) is 17.1 Å². The summed E-state index contributed by atoms with van der Waals surface area (Å²) in [7, 11) is 0. The first-order chi connectivity index (χ1) is 17.3. The van der Waals surface area contributed by atoms with E-state index in [1.807, 2.05) is 6.92 Å². The minimum absolute atomic E-state index is 0.0594. The van der Waals surface area contributed by atoms with Gasteiger partial charge in [0, 0.05) is 31.0 Å². The quantitative estimate of drug-likeness (QED) is 0.400. The van der Waals surface area contributed by atoms with Gasteiger partial charge in [-0.25, -0.2) is 23.1 Å². The number of aryl methyl sites for hydroxylation is 1. The number of amides is 1. The average Bonchev–Trinajstić information content (AvgIpc) is 3.46. The normalized spacial score (nSPS) is 16.5. The lowest BCUT2D eigenvalue weighted by Crippen LogP contribution is -2.21. The van der Waals surface area contributed by atoms with Crippen molar-refractivity contribution in [3.05, 3.63) is 76.1 Å². The first-order valence-electron chi connectivity index (χ1n) is 11.4. The predicted molar refractivity (Wildman–Crippen MR) is 125 cm³/mol. The van der Waals surface area contributed by atoms with Crippen LogP contribution in [0.4, 0.5) is 13.2 Å². The minimum Gasteiger partial charge on any atom is -0.485 e. The molecule has 0 bridgehead atoms. The van der Waals surface area contributed by atoms with Crippen molar-refractivity contribution in [2.75, 3.05) is 6.54 Å². The first-order valence-corrected chi connectivity index (χ1v) is 11.4. The maximum atomic E-state index is 13.9. The standard InChI is InChI=1S/C25H22F3N5O3/c1-2-33-19-22(30-23(21(27)28)32-25(19)35)31-24(33)13-6-8-17(9-7-13)36-20(15-11-18(34)29-12-15)14-4-3-5-16(26)10-14/h3-10,15,20-21H,2,11-12H2,1H3,(H,29,34)(H,30,32,35). The van der Waals surface area contributed by atoms with Crippen LogP contribution in [-0.4, -0.2) is 32.0 Å². The second-order valence-corrected chi connectivity index (χ2v) is 8.49. The van der Waals surface area contributed by atoms with E-state index < -0.39 is 29.7 Å². The highest BCUT2D eigenvalue weighted by atomic mass is 19.3. The summed E-state index contributed by atoms with van der Waals surface area (Å²) in [4.78, 5) is 34.5. The molecule has 2 N–H and O–H groups in total. The van der Waals surface area contributed by atoms with Gasteiger partial charge in [0.2, 0.25) is 5.91 Å². The summed E-state index contributed by atoms with van der Waals surface area (Å²) >= 11 is 0. The van der Waals surface area contributed by atoms with Crippen molar-refractivity contribution in [1.29, 1.82) is 0 Å². The number of ether oxygens (including phenoxy) is 1. The Bertz CT molecular complexity index is 1480. The summed E-state index contributed by atoms with van der Waals surface area (Å²) in [6.45, 7) is 2.59. The molecule has 1 saturated heterocycles. The zero-order valence-electron chi connectivity index (χ0n) is 19.2. The number of nitrogens with zero attached hydrogens (tertiary/aromatic N) is 3. The molecule has 0 saturated carbocycles. The Morgan fingerprint density at radius 3 is 2.56 bits per heavy atom. The lowest BCUT2D eigenvalue weighted by atomic mass is 9.94. The van der Waals surface area contributed by atoms with Crippen LogP contribution in [0.15, 0.2) is 53.3 Å². The lowest BCUT2D eigenvalue weighted by molar-refractivity contribution is -0.119. The van der Waals surface area contributed by atoms with E-state index in [0.717, 1.165) is 0 Å². The van der Waals surface area contributed by atoms with Gasteiger partial charge in [-0.3, -0.25) is 9.59 Å². The molecule has 1 amide bonds. The molecule has 1 aliphatic heterocycles. The third-order valence-corrected chi connectivity index (χ3v) is 6.15. The third-order valence-electron chi connectivity index (χ3n) is 6.15. The number of rotatable bonds is 7. The molecular formula is C25H22F3N5O3. The maximum absolute atomic E-state index is 13.9. The number of H-pyrrole nitrogens is 1. The van der Waals surface area contributed by atoms with Gasteiger partial charge in [-0.05, 0) is 48.9 Å². The van der Waals surface area contributed by atoms with Crippen molar-refractivity contribution in [2.45, 2.75) is 32.4 Å². The molecule has 8 nitrogen and oxygen atoms in total. The van der Waals surface area contributed by atoms with Gasteiger partial charge in [0.1, 0.15) is 23.5 Å². The summed E-state index contributed by atoms with van der Waals surface area (Å²) < 4.78 is 47.9. The van der Waals surface area contributed by atoms with Crippen LogP contribution in [0.3, 0.4) is 0 Å². The molecule has 0 aliphatic carbocycles. The molecule has 2 aromatic carbocycles. The van der Waals surface area contributed by atoms with Crippen LogP contribution in [0, 0.1) is 11.7 Å². The van der Waals surface area contributed by atoms with Crippen LogP contribution in [0.1, 0.15) is 37.3 Å². The van der Waals surface area contributed by atoms with E-state index in [2.05, 4.69) is 20.3 Å². The summed E-state index contributed by atoms with van der Waals surface area (Å²) in [6.07, 6.45) is -3.21. The molecule has 1 fully saturated rings. The monoisotopic (exact) mass is 497 g/mol. The van der Waals surface area contributed by atoms with Gasteiger partial charge in [0.15, 0.2) is 17.0 Å². The van der Waals surface area contributed by atoms with Gasteiger partial charge in [-0.15, -0.1) is 0 Å². The highest BCUT2D eigenvalue weighted by Crippen LogP contribution is 2.34. The van der Waals surface area contributed by atoms with Crippen molar-refractivity contribution in [3.63, 3.8) is 0 Å².